The Kier molecular flexibility index (Phi) is 10.4. The zero-order valence-electron chi connectivity index (χ0n) is 13.3. The molecule has 0 atom stereocenters. The molecule has 1 rings (SSSR count). The van der Waals surface area contributed by atoms with Gasteiger partial charge in [-0.1, -0.05) is 63.6 Å². The van der Waals surface area contributed by atoms with Gasteiger partial charge in [0.1, 0.15) is 6.61 Å². The van der Waals surface area contributed by atoms with Crippen molar-refractivity contribution in [2.24, 2.45) is 0 Å². The van der Waals surface area contributed by atoms with Gasteiger partial charge in [-0.2, -0.15) is 0 Å². The molecular formula is C18H29NO2. The number of carbonyl (C=O) groups is 1. The van der Waals surface area contributed by atoms with Crippen molar-refractivity contribution in [3.8, 4) is 0 Å². The van der Waals surface area contributed by atoms with Gasteiger partial charge in [-0.05, 0) is 25.1 Å². The number of hydrogen-bond acceptors (Lipinski definition) is 3. The van der Waals surface area contributed by atoms with Crippen molar-refractivity contribution in [2.45, 2.75) is 51.9 Å². The third-order valence-electron chi connectivity index (χ3n) is 3.48. The molecule has 0 saturated heterocycles. The summed E-state index contributed by atoms with van der Waals surface area (Å²) in [6, 6.07) is 9.12. The molecule has 0 saturated carbocycles. The first-order valence-electron chi connectivity index (χ1n) is 8.27. The van der Waals surface area contributed by atoms with E-state index >= 15 is 0 Å². The number of unbranched alkanes of at least 4 members (excludes halogenated alkanes) is 6. The Balaban J connectivity index is 1.88. The summed E-state index contributed by atoms with van der Waals surface area (Å²) in [6.07, 6.45) is 9.25. The molecule has 0 aliphatic rings. The van der Waals surface area contributed by atoms with E-state index in [1.165, 1.54) is 44.9 Å². The van der Waals surface area contributed by atoms with Gasteiger partial charge in [-0.15, -0.1) is 0 Å². The maximum absolute atomic E-state index is 11.7. The molecule has 1 N–H and O–H groups in total. The van der Waals surface area contributed by atoms with Crippen LogP contribution in [0.2, 0.25) is 0 Å². The van der Waals surface area contributed by atoms with Gasteiger partial charge in [0.2, 0.25) is 0 Å². The normalized spacial score (nSPS) is 10.5. The van der Waals surface area contributed by atoms with E-state index in [1.54, 1.807) is 12.1 Å². The maximum atomic E-state index is 11.7. The van der Waals surface area contributed by atoms with Gasteiger partial charge in [-0.25, -0.2) is 4.79 Å². The number of hydrogen-bond donors (Lipinski definition) is 1. The number of nitrogens with one attached hydrogen (secondary N) is 1. The van der Waals surface area contributed by atoms with Crippen LogP contribution in [0.3, 0.4) is 0 Å². The summed E-state index contributed by atoms with van der Waals surface area (Å²) in [7, 11) is 0. The van der Waals surface area contributed by atoms with Gasteiger partial charge in [-0.3, -0.25) is 0 Å². The van der Waals surface area contributed by atoms with Crippen LogP contribution in [-0.2, 0) is 4.74 Å². The first-order chi connectivity index (χ1) is 10.3. The maximum Gasteiger partial charge on any atom is 0.338 e. The van der Waals surface area contributed by atoms with Crippen molar-refractivity contribution in [1.29, 1.82) is 0 Å². The molecule has 0 heterocycles. The lowest BCUT2D eigenvalue weighted by Gasteiger charge is -2.06. The molecule has 0 aromatic heterocycles. The summed E-state index contributed by atoms with van der Waals surface area (Å²) in [5, 5.41) is 3.32. The van der Waals surface area contributed by atoms with E-state index in [1.807, 2.05) is 18.2 Å². The van der Waals surface area contributed by atoms with Crippen molar-refractivity contribution in [3.05, 3.63) is 35.9 Å². The highest BCUT2D eigenvalue weighted by Gasteiger charge is 2.04. The molecule has 3 heteroatoms. The van der Waals surface area contributed by atoms with E-state index in [2.05, 4.69) is 12.2 Å². The molecule has 0 amide bonds. The standard InChI is InChI=1S/C18H29NO2/c1-2-3-4-5-6-7-11-14-19-15-16-21-18(20)17-12-9-8-10-13-17/h8-10,12-13,19H,2-7,11,14-16H2,1H3. The second kappa shape index (κ2) is 12.4. The monoisotopic (exact) mass is 291 g/mol. The molecule has 0 unspecified atom stereocenters. The number of esters is 1. The van der Waals surface area contributed by atoms with Crippen LogP contribution in [0, 0.1) is 0 Å². The Morgan fingerprint density at radius 3 is 2.33 bits per heavy atom. The van der Waals surface area contributed by atoms with Gasteiger partial charge in [0.05, 0.1) is 5.56 Å². The highest BCUT2D eigenvalue weighted by Crippen LogP contribution is 2.06. The second-order valence-corrected chi connectivity index (χ2v) is 5.37. The number of carbonyl (C=O) groups excluding carboxylic acids is 1. The molecule has 118 valence electrons. The van der Waals surface area contributed by atoms with E-state index in [0.29, 0.717) is 12.2 Å². The lowest BCUT2D eigenvalue weighted by atomic mass is 10.1. The van der Waals surface area contributed by atoms with Crippen LogP contribution >= 0.6 is 0 Å². The van der Waals surface area contributed by atoms with Gasteiger partial charge < -0.3 is 10.1 Å². The molecule has 1 aromatic carbocycles. The van der Waals surface area contributed by atoms with Crippen LogP contribution in [0.4, 0.5) is 0 Å². The summed E-state index contributed by atoms with van der Waals surface area (Å²) in [4.78, 5) is 11.7. The van der Waals surface area contributed by atoms with Gasteiger partial charge in [0.15, 0.2) is 0 Å². The summed E-state index contributed by atoms with van der Waals surface area (Å²) in [5.41, 5.74) is 0.615. The number of benzene rings is 1. The zero-order valence-corrected chi connectivity index (χ0v) is 13.3. The predicted octanol–water partition coefficient (Wildman–Crippen LogP) is 4.18. The summed E-state index contributed by atoms with van der Waals surface area (Å²) < 4.78 is 5.20. The fourth-order valence-corrected chi connectivity index (χ4v) is 2.21. The van der Waals surface area contributed by atoms with Crippen molar-refractivity contribution in [2.75, 3.05) is 19.7 Å². The highest BCUT2D eigenvalue weighted by molar-refractivity contribution is 5.89. The Labute approximate surface area is 129 Å². The summed E-state index contributed by atoms with van der Waals surface area (Å²) in [6.45, 7) is 4.42. The summed E-state index contributed by atoms with van der Waals surface area (Å²) >= 11 is 0. The molecule has 1 aromatic rings. The topological polar surface area (TPSA) is 38.3 Å². The predicted molar refractivity (Wildman–Crippen MR) is 87.6 cm³/mol. The SMILES string of the molecule is CCCCCCCCCNCCOC(=O)c1ccccc1. The van der Waals surface area contributed by atoms with Crippen LogP contribution in [0.15, 0.2) is 30.3 Å². The van der Waals surface area contributed by atoms with Crippen LogP contribution < -0.4 is 5.32 Å². The first-order valence-corrected chi connectivity index (χ1v) is 8.27. The smallest absolute Gasteiger partial charge is 0.338 e. The third-order valence-corrected chi connectivity index (χ3v) is 3.48. The van der Waals surface area contributed by atoms with Crippen molar-refractivity contribution in [1.82, 2.24) is 5.32 Å². The zero-order chi connectivity index (χ0) is 15.2. The average Bonchev–Trinajstić information content (AvgIpc) is 2.53. The molecule has 3 nitrogen and oxygen atoms in total. The Hall–Kier alpha value is -1.35. The fraction of sp³-hybridized carbons (Fsp3) is 0.611. The molecule has 21 heavy (non-hydrogen) atoms. The van der Waals surface area contributed by atoms with Gasteiger partial charge >= 0.3 is 5.97 Å². The number of rotatable bonds is 12. The highest BCUT2D eigenvalue weighted by atomic mass is 16.5. The fourth-order valence-electron chi connectivity index (χ4n) is 2.21. The lowest BCUT2D eigenvalue weighted by molar-refractivity contribution is 0.0508. The van der Waals surface area contributed by atoms with E-state index in [0.717, 1.165) is 13.1 Å². The lowest BCUT2D eigenvalue weighted by Crippen LogP contribution is -2.22. The Bertz CT molecular complexity index is 365. The molecule has 0 radical (unpaired) electrons. The minimum Gasteiger partial charge on any atom is -0.461 e. The van der Waals surface area contributed by atoms with E-state index in [-0.39, 0.29) is 5.97 Å². The Morgan fingerprint density at radius 2 is 1.62 bits per heavy atom. The molecule has 0 aliphatic carbocycles. The molecule has 0 fully saturated rings. The van der Waals surface area contributed by atoms with Crippen LogP contribution in [-0.4, -0.2) is 25.7 Å². The van der Waals surface area contributed by atoms with Crippen LogP contribution in [0.1, 0.15) is 62.2 Å². The van der Waals surface area contributed by atoms with Crippen molar-refractivity contribution >= 4 is 5.97 Å². The molecule has 0 aliphatic heterocycles. The molecular weight excluding hydrogens is 262 g/mol. The van der Waals surface area contributed by atoms with Crippen molar-refractivity contribution < 1.29 is 9.53 Å². The molecule has 0 spiro atoms. The molecule has 0 bridgehead atoms. The van der Waals surface area contributed by atoms with Gasteiger partial charge in [0.25, 0.3) is 0 Å². The van der Waals surface area contributed by atoms with E-state index in [4.69, 9.17) is 4.74 Å². The minimum atomic E-state index is -0.242. The van der Waals surface area contributed by atoms with Gasteiger partial charge in [0, 0.05) is 6.54 Å². The van der Waals surface area contributed by atoms with E-state index in [9.17, 15) is 4.79 Å². The van der Waals surface area contributed by atoms with Crippen LogP contribution in [0.5, 0.6) is 0 Å². The van der Waals surface area contributed by atoms with Crippen molar-refractivity contribution in [3.63, 3.8) is 0 Å². The summed E-state index contributed by atoms with van der Waals surface area (Å²) in [5.74, 6) is -0.242. The quantitative estimate of drug-likeness (QED) is 0.463. The van der Waals surface area contributed by atoms with Crippen LogP contribution in [0.25, 0.3) is 0 Å². The largest absolute Gasteiger partial charge is 0.461 e. The second-order valence-electron chi connectivity index (χ2n) is 5.37. The Morgan fingerprint density at radius 1 is 0.952 bits per heavy atom. The average molecular weight is 291 g/mol. The first kappa shape index (κ1) is 17.7. The minimum absolute atomic E-state index is 0.242. The number of ether oxygens (including phenoxy) is 1. The third kappa shape index (κ3) is 9.24. The van der Waals surface area contributed by atoms with E-state index < -0.39 is 0 Å².